The first-order valence-electron chi connectivity index (χ1n) is 5.76. The minimum atomic E-state index is 0.634. The van der Waals surface area contributed by atoms with Crippen LogP contribution in [0.25, 0.3) is 10.9 Å². The summed E-state index contributed by atoms with van der Waals surface area (Å²) in [6, 6.07) is 10.9. The fourth-order valence-corrected chi connectivity index (χ4v) is 3.19. The van der Waals surface area contributed by atoms with Crippen LogP contribution < -0.4 is 5.73 Å². The molecule has 0 unspecified atom stereocenters. The van der Waals surface area contributed by atoms with Crippen LogP contribution in [0, 0.1) is 0 Å². The predicted molar refractivity (Wildman–Crippen MR) is 84.5 cm³/mol. The van der Waals surface area contributed by atoms with Crippen molar-refractivity contribution in [3.8, 4) is 0 Å². The van der Waals surface area contributed by atoms with Gasteiger partial charge in [0.05, 0.1) is 10.5 Å². The van der Waals surface area contributed by atoms with Crippen LogP contribution in [-0.4, -0.2) is 9.97 Å². The molecule has 2 N–H and O–H groups in total. The van der Waals surface area contributed by atoms with Gasteiger partial charge in [-0.25, -0.2) is 9.97 Å². The second-order valence-corrected chi connectivity index (χ2v) is 6.01. The molecular weight excluding hydrogens is 313 g/mol. The van der Waals surface area contributed by atoms with Crippen LogP contribution in [0.2, 0.25) is 10.0 Å². The average molecular weight is 322 g/mol. The van der Waals surface area contributed by atoms with Crippen LogP contribution in [0.4, 0.5) is 5.69 Å². The molecule has 0 aliphatic heterocycles. The van der Waals surface area contributed by atoms with Gasteiger partial charge in [0, 0.05) is 21.0 Å². The number of aromatic nitrogens is 2. The number of benzene rings is 2. The number of hydrogen-bond donors (Lipinski definition) is 1. The molecule has 1 aromatic heterocycles. The number of nitrogen functional groups attached to an aromatic ring is 1. The van der Waals surface area contributed by atoms with Gasteiger partial charge in [-0.15, -0.1) is 0 Å². The lowest BCUT2D eigenvalue weighted by molar-refractivity contribution is 1.10. The molecule has 0 saturated heterocycles. The van der Waals surface area contributed by atoms with Gasteiger partial charge in [-0.05, 0) is 36.4 Å². The molecule has 2 aromatic carbocycles. The minimum Gasteiger partial charge on any atom is -0.399 e. The Hall–Kier alpha value is -1.49. The molecule has 0 bridgehead atoms. The minimum absolute atomic E-state index is 0.634. The zero-order valence-corrected chi connectivity index (χ0v) is 12.5. The van der Waals surface area contributed by atoms with Crippen LogP contribution in [0.1, 0.15) is 0 Å². The molecule has 0 spiro atoms. The van der Waals surface area contributed by atoms with E-state index in [1.807, 2.05) is 24.3 Å². The van der Waals surface area contributed by atoms with Gasteiger partial charge in [0.25, 0.3) is 0 Å². The monoisotopic (exact) mass is 321 g/mol. The Balaban J connectivity index is 2.10. The maximum Gasteiger partial charge on any atom is 0.117 e. The summed E-state index contributed by atoms with van der Waals surface area (Å²) in [4.78, 5) is 9.38. The van der Waals surface area contributed by atoms with Gasteiger partial charge in [-0.2, -0.15) is 0 Å². The molecule has 3 rings (SSSR count). The molecular formula is C14H9Cl2N3S. The second-order valence-electron chi connectivity index (χ2n) is 4.13. The number of halogens is 2. The van der Waals surface area contributed by atoms with Crippen molar-refractivity contribution in [2.45, 2.75) is 9.92 Å². The Labute approximate surface area is 130 Å². The largest absolute Gasteiger partial charge is 0.399 e. The summed E-state index contributed by atoms with van der Waals surface area (Å²) in [5.74, 6) is 0. The van der Waals surface area contributed by atoms with Gasteiger partial charge >= 0.3 is 0 Å². The summed E-state index contributed by atoms with van der Waals surface area (Å²) in [7, 11) is 0. The number of nitrogens with zero attached hydrogens (tertiary/aromatic N) is 2. The van der Waals surface area contributed by atoms with Crippen LogP contribution in [0.5, 0.6) is 0 Å². The lowest BCUT2D eigenvalue weighted by Crippen LogP contribution is -1.90. The summed E-state index contributed by atoms with van der Waals surface area (Å²) in [5.41, 5.74) is 7.34. The molecule has 0 aliphatic rings. The Bertz CT molecular complexity index is 792. The second kappa shape index (κ2) is 5.48. The van der Waals surface area contributed by atoms with E-state index in [1.54, 1.807) is 12.1 Å². The van der Waals surface area contributed by atoms with E-state index in [2.05, 4.69) is 9.97 Å². The highest BCUT2D eigenvalue weighted by Crippen LogP contribution is 2.37. The van der Waals surface area contributed by atoms with E-state index in [0.717, 1.165) is 20.8 Å². The maximum absolute atomic E-state index is 6.18. The van der Waals surface area contributed by atoms with E-state index in [-0.39, 0.29) is 0 Å². The van der Waals surface area contributed by atoms with Crippen molar-refractivity contribution < 1.29 is 0 Å². The SMILES string of the molecule is Nc1ccc2ncnc(Sc3cc(Cl)ccc3Cl)c2c1. The van der Waals surface area contributed by atoms with E-state index in [1.165, 1.54) is 18.1 Å². The van der Waals surface area contributed by atoms with E-state index < -0.39 is 0 Å². The fraction of sp³-hybridized carbons (Fsp3) is 0. The first kappa shape index (κ1) is 13.5. The predicted octanol–water partition coefficient (Wildman–Crippen LogP) is 4.67. The van der Waals surface area contributed by atoms with Crippen molar-refractivity contribution in [3.63, 3.8) is 0 Å². The highest BCUT2D eigenvalue weighted by atomic mass is 35.5. The molecule has 0 saturated carbocycles. The van der Waals surface area contributed by atoms with E-state index in [4.69, 9.17) is 28.9 Å². The van der Waals surface area contributed by atoms with Crippen LogP contribution in [0.15, 0.2) is 52.6 Å². The van der Waals surface area contributed by atoms with Crippen molar-refractivity contribution in [1.29, 1.82) is 0 Å². The topological polar surface area (TPSA) is 51.8 Å². The summed E-state index contributed by atoms with van der Waals surface area (Å²) < 4.78 is 0. The van der Waals surface area contributed by atoms with E-state index >= 15 is 0 Å². The molecule has 0 fully saturated rings. The zero-order chi connectivity index (χ0) is 14.1. The van der Waals surface area contributed by atoms with Crippen LogP contribution in [0.3, 0.4) is 0 Å². The number of fused-ring (bicyclic) bond motifs is 1. The molecule has 3 nitrogen and oxygen atoms in total. The molecule has 100 valence electrons. The maximum atomic E-state index is 6.18. The average Bonchev–Trinajstić information content (AvgIpc) is 2.43. The van der Waals surface area contributed by atoms with Crippen molar-refractivity contribution in [3.05, 3.63) is 52.8 Å². The number of anilines is 1. The van der Waals surface area contributed by atoms with Crippen LogP contribution in [-0.2, 0) is 0 Å². The lowest BCUT2D eigenvalue weighted by atomic mass is 10.2. The van der Waals surface area contributed by atoms with Gasteiger partial charge in [-0.1, -0.05) is 35.0 Å². The summed E-state index contributed by atoms with van der Waals surface area (Å²) in [6.45, 7) is 0. The fourth-order valence-electron chi connectivity index (χ4n) is 1.79. The van der Waals surface area contributed by atoms with Gasteiger partial charge in [0.2, 0.25) is 0 Å². The van der Waals surface area contributed by atoms with Crippen LogP contribution >= 0.6 is 35.0 Å². The van der Waals surface area contributed by atoms with Gasteiger partial charge in [-0.3, -0.25) is 0 Å². The summed E-state index contributed by atoms with van der Waals surface area (Å²) in [6.07, 6.45) is 1.53. The zero-order valence-electron chi connectivity index (χ0n) is 10.2. The van der Waals surface area contributed by atoms with Gasteiger partial charge in [0.15, 0.2) is 0 Å². The Kier molecular flexibility index (Phi) is 3.70. The third-order valence-corrected chi connectivity index (χ3v) is 4.48. The quantitative estimate of drug-likeness (QED) is 0.550. The third-order valence-electron chi connectivity index (χ3n) is 2.72. The molecule has 0 atom stereocenters. The smallest absolute Gasteiger partial charge is 0.117 e. The van der Waals surface area contributed by atoms with E-state index in [9.17, 15) is 0 Å². The molecule has 1 heterocycles. The normalized spacial score (nSPS) is 10.9. The van der Waals surface area contributed by atoms with Gasteiger partial charge < -0.3 is 5.73 Å². The molecule has 0 aliphatic carbocycles. The van der Waals surface area contributed by atoms with E-state index in [0.29, 0.717) is 15.7 Å². The molecule has 0 amide bonds. The first-order chi connectivity index (χ1) is 9.63. The van der Waals surface area contributed by atoms with Crippen molar-refractivity contribution >= 4 is 51.6 Å². The highest BCUT2D eigenvalue weighted by molar-refractivity contribution is 7.99. The standard InChI is InChI=1S/C14H9Cl2N3S/c15-8-1-3-11(16)13(5-8)20-14-10-6-9(17)2-4-12(10)18-7-19-14/h1-7H,17H2. The molecule has 3 aromatic rings. The summed E-state index contributed by atoms with van der Waals surface area (Å²) >= 11 is 13.6. The summed E-state index contributed by atoms with van der Waals surface area (Å²) in [5, 5.41) is 2.96. The first-order valence-corrected chi connectivity index (χ1v) is 7.34. The van der Waals surface area contributed by atoms with Crippen molar-refractivity contribution in [2.75, 3.05) is 5.73 Å². The number of rotatable bonds is 2. The molecule has 20 heavy (non-hydrogen) atoms. The number of nitrogens with two attached hydrogens (primary N) is 1. The third kappa shape index (κ3) is 2.68. The molecule has 0 radical (unpaired) electrons. The Morgan fingerprint density at radius 3 is 2.70 bits per heavy atom. The van der Waals surface area contributed by atoms with Gasteiger partial charge in [0.1, 0.15) is 11.4 Å². The Morgan fingerprint density at radius 1 is 1.00 bits per heavy atom. The van der Waals surface area contributed by atoms with Crippen molar-refractivity contribution in [2.24, 2.45) is 0 Å². The molecule has 6 heteroatoms. The Morgan fingerprint density at radius 2 is 1.85 bits per heavy atom. The lowest BCUT2D eigenvalue weighted by Gasteiger charge is -2.07. The number of hydrogen-bond acceptors (Lipinski definition) is 4. The van der Waals surface area contributed by atoms with Crippen molar-refractivity contribution in [1.82, 2.24) is 9.97 Å². The highest BCUT2D eigenvalue weighted by Gasteiger charge is 2.09.